The standard InChI is InChI=1S/C17H12N2O2S/c1-21-12-8-6-11(7-9-12)10-15-16(20)19-14-5-3-2-4-13(14)18-17(19)22-15/h2-10H,1H3/b15-10-. The molecule has 22 heavy (non-hydrogen) atoms. The Bertz CT molecular complexity index is 1080. The Morgan fingerprint density at radius 1 is 1.14 bits per heavy atom. The SMILES string of the molecule is COc1ccc(/C=c2\sc3nc4ccccc4n3c2=O)cc1. The second-order valence-electron chi connectivity index (χ2n) is 4.91. The number of ether oxygens (including phenoxy) is 1. The van der Waals surface area contributed by atoms with Crippen molar-refractivity contribution in [3.63, 3.8) is 0 Å². The summed E-state index contributed by atoms with van der Waals surface area (Å²) in [6.45, 7) is 0. The summed E-state index contributed by atoms with van der Waals surface area (Å²) in [5.41, 5.74) is 2.64. The number of hydrogen-bond donors (Lipinski definition) is 0. The molecule has 0 aliphatic rings. The molecule has 0 aliphatic carbocycles. The van der Waals surface area contributed by atoms with Crippen molar-refractivity contribution in [2.45, 2.75) is 0 Å². The van der Waals surface area contributed by atoms with Gasteiger partial charge in [-0.3, -0.25) is 4.79 Å². The fourth-order valence-corrected chi connectivity index (χ4v) is 3.45. The fourth-order valence-electron chi connectivity index (χ4n) is 2.46. The molecule has 5 heteroatoms. The van der Waals surface area contributed by atoms with E-state index in [0.717, 1.165) is 27.3 Å². The van der Waals surface area contributed by atoms with Crippen molar-refractivity contribution in [1.82, 2.24) is 9.38 Å². The predicted molar refractivity (Wildman–Crippen MR) is 88.6 cm³/mol. The Morgan fingerprint density at radius 2 is 1.91 bits per heavy atom. The van der Waals surface area contributed by atoms with Gasteiger partial charge < -0.3 is 4.74 Å². The number of rotatable bonds is 2. The van der Waals surface area contributed by atoms with Crippen molar-refractivity contribution in [3.05, 3.63) is 69.0 Å². The zero-order valence-electron chi connectivity index (χ0n) is 11.8. The molecule has 2 heterocycles. The summed E-state index contributed by atoms with van der Waals surface area (Å²) in [4.78, 5) is 17.8. The number of methoxy groups -OCH3 is 1. The lowest BCUT2D eigenvalue weighted by molar-refractivity contribution is 0.415. The van der Waals surface area contributed by atoms with Gasteiger partial charge in [-0.15, -0.1) is 0 Å². The Labute approximate surface area is 129 Å². The minimum atomic E-state index is -0.0236. The van der Waals surface area contributed by atoms with E-state index in [2.05, 4.69) is 4.98 Å². The van der Waals surface area contributed by atoms with Crippen LogP contribution >= 0.6 is 11.3 Å². The molecule has 0 saturated carbocycles. The average Bonchev–Trinajstić information content (AvgIpc) is 3.05. The molecule has 0 atom stereocenters. The summed E-state index contributed by atoms with van der Waals surface area (Å²) >= 11 is 1.41. The monoisotopic (exact) mass is 308 g/mol. The van der Waals surface area contributed by atoms with E-state index < -0.39 is 0 Å². The van der Waals surface area contributed by atoms with E-state index in [0.29, 0.717) is 4.53 Å². The normalized spacial score (nSPS) is 12.3. The quantitative estimate of drug-likeness (QED) is 0.571. The Kier molecular flexibility index (Phi) is 2.94. The molecule has 0 radical (unpaired) electrons. The third-order valence-corrected chi connectivity index (χ3v) is 4.53. The number of hydrogen-bond acceptors (Lipinski definition) is 4. The molecule has 0 bridgehead atoms. The van der Waals surface area contributed by atoms with E-state index in [4.69, 9.17) is 4.74 Å². The van der Waals surface area contributed by atoms with Gasteiger partial charge in [-0.25, -0.2) is 9.38 Å². The zero-order valence-corrected chi connectivity index (χ0v) is 12.6. The van der Waals surface area contributed by atoms with E-state index in [9.17, 15) is 4.79 Å². The van der Waals surface area contributed by atoms with Crippen LogP contribution in [0.3, 0.4) is 0 Å². The van der Waals surface area contributed by atoms with Crippen molar-refractivity contribution in [2.24, 2.45) is 0 Å². The first-order valence-electron chi connectivity index (χ1n) is 6.82. The van der Waals surface area contributed by atoms with Gasteiger partial charge in [-0.2, -0.15) is 0 Å². The molecule has 0 N–H and O–H groups in total. The van der Waals surface area contributed by atoms with Crippen molar-refractivity contribution in [3.8, 4) is 5.75 Å². The maximum Gasteiger partial charge on any atom is 0.274 e. The van der Waals surface area contributed by atoms with Crippen molar-refractivity contribution in [2.75, 3.05) is 7.11 Å². The maximum atomic E-state index is 12.6. The molecule has 0 fully saturated rings. The predicted octanol–water partition coefficient (Wildman–Crippen LogP) is 2.47. The van der Waals surface area contributed by atoms with Crippen LogP contribution in [0.4, 0.5) is 0 Å². The van der Waals surface area contributed by atoms with Crippen LogP contribution in [0.2, 0.25) is 0 Å². The summed E-state index contributed by atoms with van der Waals surface area (Å²) in [5.74, 6) is 0.798. The first kappa shape index (κ1) is 13.0. The largest absolute Gasteiger partial charge is 0.497 e. The molecule has 0 amide bonds. The van der Waals surface area contributed by atoms with Crippen LogP contribution in [0.5, 0.6) is 5.75 Å². The molecule has 4 nitrogen and oxygen atoms in total. The van der Waals surface area contributed by atoms with Crippen LogP contribution in [0.1, 0.15) is 5.56 Å². The number of benzene rings is 2. The third kappa shape index (κ3) is 1.98. The van der Waals surface area contributed by atoms with Gasteiger partial charge in [0.25, 0.3) is 5.56 Å². The van der Waals surface area contributed by atoms with Crippen LogP contribution in [-0.2, 0) is 0 Å². The van der Waals surface area contributed by atoms with Crippen molar-refractivity contribution in [1.29, 1.82) is 0 Å². The number of fused-ring (bicyclic) bond motifs is 3. The van der Waals surface area contributed by atoms with E-state index in [-0.39, 0.29) is 5.56 Å². The lowest BCUT2D eigenvalue weighted by Crippen LogP contribution is -2.22. The molecule has 0 saturated heterocycles. The Balaban J connectivity index is 1.93. The zero-order chi connectivity index (χ0) is 15.1. The number of aromatic nitrogens is 2. The van der Waals surface area contributed by atoms with Crippen LogP contribution in [0.25, 0.3) is 22.1 Å². The summed E-state index contributed by atoms with van der Waals surface area (Å²) in [6, 6.07) is 15.3. The topological polar surface area (TPSA) is 43.6 Å². The molecular weight excluding hydrogens is 296 g/mol. The molecule has 0 aliphatic heterocycles. The van der Waals surface area contributed by atoms with Crippen molar-refractivity contribution < 1.29 is 4.74 Å². The highest BCUT2D eigenvalue weighted by molar-refractivity contribution is 7.15. The third-order valence-electron chi connectivity index (χ3n) is 3.56. The lowest BCUT2D eigenvalue weighted by atomic mass is 10.2. The molecule has 2 aromatic carbocycles. The fraction of sp³-hybridized carbons (Fsp3) is 0.0588. The minimum absolute atomic E-state index is 0.0236. The van der Waals surface area contributed by atoms with Crippen molar-refractivity contribution >= 4 is 33.4 Å². The lowest BCUT2D eigenvalue weighted by Gasteiger charge is -1.98. The van der Waals surface area contributed by atoms with Crippen LogP contribution in [-0.4, -0.2) is 16.5 Å². The Hall–Kier alpha value is -2.66. The first-order chi connectivity index (χ1) is 10.8. The van der Waals surface area contributed by atoms with Gasteiger partial charge in [-0.05, 0) is 35.9 Å². The van der Waals surface area contributed by atoms with Crippen LogP contribution in [0, 0.1) is 0 Å². The van der Waals surface area contributed by atoms with Gasteiger partial charge in [0, 0.05) is 0 Å². The van der Waals surface area contributed by atoms with E-state index in [1.807, 2.05) is 54.6 Å². The number of thiazole rings is 1. The van der Waals surface area contributed by atoms with Gasteiger partial charge in [0.05, 0.1) is 22.7 Å². The molecule has 4 rings (SSSR count). The highest BCUT2D eigenvalue weighted by Crippen LogP contribution is 2.16. The van der Waals surface area contributed by atoms with E-state index >= 15 is 0 Å². The molecule has 0 spiro atoms. The Morgan fingerprint density at radius 3 is 2.68 bits per heavy atom. The van der Waals surface area contributed by atoms with Gasteiger partial charge in [0.15, 0.2) is 4.96 Å². The maximum absolute atomic E-state index is 12.6. The summed E-state index contributed by atoms with van der Waals surface area (Å²) in [6.07, 6.45) is 1.88. The number of imidazole rings is 1. The van der Waals surface area contributed by atoms with E-state index in [1.54, 1.807) is 11.5 Å². The van der Waals surface area contributed by atoms with Gasteiger partial charge >= 0.3 is 0 Å². The van der Waals surface area contributed by atoms with E-state index in [1.165, 1.54) is 11.3 Å². The molecule has 0 unspecified atom stereocenters. The van der Waals surface area contributed by atoms with Crippen LogP contribution < -0.4 is 14.8 Å². The highest BCUT2D eigenvalue weighted by Gasteiger charge is 2.10. The van der Waals surface area contributed by atoms with Gasteiger partial charge in [0.1, 0.15) is 5.75 Å². The molecular formula is C17H12N2O2S. The second kappa shape index (κ2) is 4.96. The van der Waals surface area contributed by atoms with Gasteiger partial charge in [0.2, 0.25) is 0 Å². The number of para-hydroxylation sites is 2. The first-order valence-corrected chi connectivity index (χ1v) is 7.64. The number of nitrogens with zero attached hydrogens (tertiary/aromatic N) is 2. The van der Waals surface area contributed by atoms with Gasteiger partial charge in [-0.1, -0.05) is 35.6 Å². The highest BCUT2D eigenvalue weighted by atomic mass is 32.1. The smallest absolute Gasteiger partial charge is 0.274 e. The van der Waals surface area contributed by atoms with Crippen LogP contribution in [0.15, 0.2) is 53.3 Å². The summed E-state index contributed by atoms with van der Waals surface area (Å²) < 4.78 is 7.49. The summed E-state index contributed by atoms with van der Waals surface area (Å²) in [5, 5.41) is 0. The minimum Gasteiger partial charge on any atom is -0.497 e. The molecule has 4 aromatic rings. The average molecular weight is 308 g/mol. The summed E-state index contributed by atoms with van der Waals surface area (Å²) in [7, 11) is 1.63. The second-order valence-corrected chi connectivity index (χ2v) is 5.92. The molecule has 2 aromatic heterocycles. The molecule has 108 valence electrons.